The molecule has 0 saturated carbocycles. The third kappa shape index (κ3) is 5.05. The van der Waals surface area contributed by atoms with Crippen molar-refractivity contribution in [1.82, 2.24) is 4.90 Å². The number of rotatable bonds is 10. The van der Waals surface area contributed by atoms with Gasteiger partial charge in [-0.3, -0.25) is 4.79 Å². The van der Waals surface area contributed by atoms with E-state index in [1.807, 2.05) is 47.4 Å². The lowest BCUT2D eigenvalue weighted by molar-refractivity contribution is 0.0660. The third-order valence-electron chi connectivity index (χ3n) is 5.23. The van der Waals surface area contributed by atoms with Crippen molar-refractivity contribution in [2.24, 2.45) is 5.92 Å². The summed E-state index contributed by atoms with van der Waals surface area (Å²) in [7, 11) is 3.31. The zero-order valence-corrected chi connectivity index (χ0v) is 18.3. The number of hydrogen-bond acceptors (Lipinski definition) is 5. The quantitative estimate of drug-likeness (QED) is 0.572. The van der Waals surface area contributed by atoms with Crippen molar-refractivity contribution in [3.8, 4) is 11.5 Å². The van der Waals surface area contributed by atoms with Crippen LogP contribution in [0.5, 0.6) is 11.5 Å². The van der Waals surface area contributed by atoms with Crippen LogP contribution in [0.15, 0.2) is 42.5 Å². The number of carbonyl (C=O) groups is 1. The highest BCUT2D eigenvalue weighted by atomic mass is 16.5. The Morgan fingerprint density at radius 2 is 1.87 bits per heavy atom. The normalized spacial score (nSPS) is 15.7. The van der Waals surface area contributed by atoms with E-state index in [2.05, 4.69) is 19.2 Å². The van der Waals surface area contributed by atoms with Gasteiger partial charge < -0.3 is 24.4 Å². The van der Waals surface area contributed by atoms with E-state index in [4.69, 9.17) is 14.2 Å². The van der Waals surface area contributed by atoms with Gasteiger partial charge in [-0.1, -0.05) is 32.0 Å². The number of hydrogen-bond donors (Lipinski definition) is 1. The van der Waals surface area contributed by atoms with Crippen LogP contribution in [0.4, 0.5) is 5.69 Å². The number of benzene rings is 2. The van der Waals surface area contributed by atoms with Crippen molar-refractivity contribution in [2.75, 3.05) is 39.3 Å². The lowest BCUT2D eigenvalue weighted by Gasteiger charge is -2.38. The second kappa shape index (κ2) is 10.3. The molecule has 1 N–H and O–H groups in total. The molecular weight excluding hydrogens is 380 g/mol. The fourth-order valence-electron chi connectivity index (χ4n) is 3.54. The van der Waals surface area contributed by atoms with Gasteiger partial charge in [-0.25, -0.2) is 0 Å². The number of ether oxygens (including phenoxy) is 3. The lowest BCUT2D eigenvalue weighted by Crippen LogP contribution is -2.43. The largest absolute Gasteiger partial charge is 0.493 e. The first-order valence-electron chi connectivity index (χ1n) is 10.5. The van der Waals surface area contributed by atoms with E-state index in [9.17, 15) is 4.79 Å². The molecule has 2 aromatic rings. The number of nitrogens with zero attached hydrogens (tertiary/aromatic N) is 1. The minimum absolute atomic E-state index is 0.0154. The van der Waals surface area contributed by atoms with Gasteiger partial charge >= 0.3 is 0 Å². The summed E-state index contributed by atoms with van der Waals surface area (Å²) in [5.41, 5.74) is 2.47. The molecule has 1 heterocycles. The average molecular weight is 413 g/mol. The summed E-state index contributed by atoms with van der Waals surface area (Å²) < 4.78 is 16.7. The molecule has 0 aliphatic carbocycles. The van der Waals surface area contributed by atoms with Crippen molar-refractivity contribution in [1.29, 1.82) is 0 Å². The molecule has 0 aromatic heterocycles. The van der Waals surface area contributed by atoms with Crippen LogP contribution in [0, 0.1) is 5.92 Å². The Bertz CT molecular complexity index is 853. The fraction of sp³-hybridized carbons (Fsp3) is 0.458. The van der Waals surface area contributed by atoms with Crippen LogP contribution in [-0.2, 0) is 4.74 Å². The standard InChI is InChI=1S/C24H32N2O4/c1-17(2)12-15-30-21-11-10-18(16-22(21)29-4)23-25-20-9-6-5-8-19(20)24(27)26(23)13-7-14-28-3/h5-6,8-11,16-17,23,25H,7,12-15H2,1-4H3. The van der Waals surface area contributed by atoms with Crippen molar-refractivity contribution in [3.63, 3.8) is 0 Å². The number of anilines is 1. The molecule has 0 radical (unpaired) electrons. The summed E-state index contributed by atoms with van der Waals surface area (Å²) in [4.78, 5) is 15.1. The molecule has 162 valence electrons. The summed E-state index contributed by atoms with van der Waals surface area (Å²) >= 11 is 0. The molecule has 0 saturated heterocycles. The van der Waals surface area contributed by atoms with Gasteiger partial charge in [0, 0.05) is 25.9 Å². The molecule has 6 heteroatoms. The van der Waals surface area contributed by atoms with Gasteiger partial charge in [0.1, 0.15) is 6.17 Å². The molecule has 30 heavy (non-hydrogen) atoms. The zero-order valence-electron chi connectivity index (χ0n) is 18.3. The first-order valence-corrected chi connectivity index (χ1v) is 10.5. The molecule has 1 amide bonds. The zero-order chi connectivity index (χ0) is 21.5. The van der Waals surface area contributed by atoms with E-state index in [-0.39, 0.29) is 12.1 Å². The van der Waals surface area contributed by atoms with Crippen LogP contribution in [0.1, 0.15) is 48.8 Å². The van der Waals surface area contributed by atoms with E-state index in [1.54, 1.807) is 14.2 Å². The minimum Gasteiger partial charge on any atom is -0.493 e. The highest BCUT2D eigenvalue weighted by molar-refractivity contribution is 6.01. The van der Waals surface area contributed by atoms with Crippen LogP contribution >= 0.6 is 0 Å². The van der Waals surface area contributed by atoms with Gasteiger partial charge in [-0.2, -0.15) is 0 Å². The maximum atomic E-state index is 13.2. The van der Waals surface area contributed by atoms with Crippen LogP contribution in [0.3, 0.4) is 0 Å². The molecule has 1 unspecified atom stereocenters. The summed E-state index contributed by atoms with van der Waals surface area (Å²) in [6.45, 7) is 6.18. The van der Waals surface area contributed by atoms with Crippen LogP contribution < -0.4 is 14.8 Å². The number of carbonyl (C=O) groups excluding carboxylic acids is 1. The predicted molar refractivity (Wildman–Crippen MR) is 118 cm³/mol. The van der Waals surface area contributed by atoms with Gasteiger partial charge in [0.15, 0.2) is 11.5 Å². The molecule has 0 fully saturated rings. The monoisotopic (exact) mass is 412 g/mol. The summed E-state index contributed by atoms with van der Waals surface area (Å²) in [5.74, 6) is 1.98. The van der Waals surface area contributed by atoms with Crippen LogP contribution in [-0.4, -0.2) is 44.8 Å². The topological polar surface area (TPSA) is 60.0 Å². The maximum Gasteiger partial charge on any atom is 0.257 e. The van der Waals surface area contributed by atoms with E-state index in [0.29, 0.717) is 37.0 Å². The number of para-hydroxylation sites is 1. The summed E-state index contributed by atoms with van der Waals surface area (Å²) in [6, 6.07) is 13.5. The van der Waals surface area contributed by atoms with Crippen molar-refractivity contribution < 1.29 is 19.0 Å². The van der Waals surface area contributed by atoms with Gasteiger partial charge in [-0.15, -0.1) is 0 Å². The number of nitrogens with one attached hydrogen (secondary N) is 1. The number of fused-ring (bicyclic) bond motifs is 1. The van der Waals surface area contributed by atoms with Gasteiger partial charge in [0.05, 0.1) is 19.3 Å². The van der Waals surface area contributed by atoms with Crippen molar-refractivity contribution >= 4 is 11.6 Å². The SMILES string of the molecule is COCCCN1C(=O)c2ccccc2NC1c1ccc(OCCC(C)C)c(OC)c1. The predicted octanol–water partition coefficient (Wildman–Crippen LogP) is 4.72. The Labute approximate surface area is 179 Å². The number of amides is 1. The lowest BCUT2D eigenvalue weighted by atomic mass is 10.0. The van der Waals surface area contributed by atoms with E-state index in [0.717, 1.165) is 29.8 Å². The Hall–Kier alpha value is -2.73. The molecule has 6 nitrogen and oxygen atoms in total. The highest BCUT2D eigenvalue weighted by Crippen LogP contribution is 2.37. The molecule has 2 aromatic carbocycles. The maximum absolute atomic E-state index is 13.2. The molecule has 1 atom stereocenters. The smallest absolute Gasteiger partial charge is 0.257 e. The Kier molecular flexibility index (Phi) is 7.57. The highest BCUT2D eigenvalue weighted by Gasteiger charge is 2.32. The van der Waals surface area contributed by atoms with Crippen molar-refractivity contribution in [3.05, 3.63) is 53.6 Å². The molecule has 1 aliphatic rings. The first-order chi connectivity index (χ1) is 14.5. The molecule has 0 bridgehead atoms. The Morgan fingerprint density at radius 1 is 1.07 bits per heavy atom. The average Bonchev–Trinajstić information content (AvgIpc) is 2.75. The second-order valence-electron chi connectivity index (χ2n) is 7.88. The van der Waals surface area contributed by atoms with E-state index >= 15 is 0 Å². The fourth-order valence-corrected chi connectivity index (χ4v) is 3.54. The van der Waals surface area contributed by atoms with E-state index < -0.39 is 0 Å². The molecule has 3 rings (SSSR count). The Morgan fingerprint density at radius 3 is 2.60 bits per heavy atom. The van der Waals surface area contributed by atoms with Gasteiger partial charge in [0.25, 0.3) is 5.91 Å². The van der Waals surface area contributed by atoms with Gasteiger partial charge in [-0.05, 0) is 48.6 Å². The van der Waals surface area contributed by atoms with Crippen LogP contribution in [0.2, 0.25) is 0 Å². The second-order valence-corrected chi connectivity index (χ2v) is 7.88. The molecule has 0 spiro atoms. The van der Waals surface area contributed by atoms with Crippen LogP contribution in [0.25, 0.3) is 0 Å². The van der Waals surface area contributed by atoms with E-state index in [1.165, 1.54) is 0 Å². The minimum atomic E-state index is -0.289. The molecule has 1 aliphatic heterocycles. The summed E-state index contributed by atoms with van der Waals surface area (Å²) in [5, 5.41) is 3.52. The Balaban J connectivity index is 1.87. The number of methoxy groups -OCH3 is 2. The first kappa shape index (κ1) is 22.0. The molecular formula is C24H32N2O4. The van der Waals surface area contributed by atoms with Crippen molar-refractivity contribution in [2.45, 2.75) is 32.9 Å². The third-order valence-corrected chi connectivity index (χ3v) is 5.23. The summed E-state index contributed by atoms with van der Waals surface area (Å²) in [6.07, 6.45) is 1.45. The van der Waals surface area contributed by atoms with Gasteiger partial charge in [0.2, 0.25) is 0 Å².